The van der Waals surface area contributed by atoms with Gasteiger partial charge < -0.3 is 25.6 Å². The van der Waals surface area contributed by atoms with Crippen molar-refractivity contribution in [2.24, 2.45) is 0 Å². The fourth-order valence-electron chi connectivity index (χ4n) is 6.54. The highest BCUT2D eigenvalue weighted by Gasteiger charge is 2.26. The number of nitrogens with one attached hydrogen (secondary N) is 3. The first kappa shape index (κ1) is 39.0. The van der Waals surface area contributed by atoms with Crippen LogP contribution in [-0.4, -0.2) is 46.2 Å². The monoisotopic (exact) mass is 915 g/mol. The van der Waals surface area contributed by atoms with E-state index in [0.29, 0.717) is 45.4 Å². The van der Waals surface area contributed by atoms with Gasteiger partial charge in [-0.1, -0.05) is 46.9 Å². The molecular formula is C41H33Cl3IN9O2. The zero-order valence-corrected chi connectivity index (χ0v) is 34.4. The minimum atomic E-state index is -0.297. The third kappa shape index (κ3) is 8.43. The summed E-state index contributed by atoms with van der Waals surface area (Å²) < 4.78 is 3.05. The van der Waals surface area contributed by atoms with Crippen LogP contribution in [0.15, 0.2) is 91.8 Å². The summed E-state index contributed by atoms with van der Waals surface area (Å²) in [5.41, 5.74) is 13.9. The van der Waals surface area contributed by atoms with Crippen molar-refractivity contribution in [2.45, 2.75) is 33.4 Å². The summed E-state index contributed by atoms with van der Waals surface area (Å²) in [6.07, 6.45) is 14.5. The first-order valence-corrected chi connectivity index (χ1v) is 19.5. The number of allylic oxidation sites excluding steroid dienone is 1. The van der Waals surface area contributed by atoms with Gasteiger partial charge in [0.25, 0.3) is 5.91 Å². The number of pyridine rings is 4. The number of ketones is 1. The number of carbonyl (C=O) groups is 2. The highest BCUT2D eigenvalue weighted by atomic mass is 127. The van der Waals surface area contributed by atoms with Crippen molar-refractivity contribution in [1.82, 2.24) is 39.8 Å². The molecule has 5 N–H and O–H groups in total. The molecule has 282 valence electrons. The number of aryl methyl sites for hydroxylation is 2. The largest absolute Gasteiger partial charge is 0.384 e. The first-order valence-electron chi connectivity index (χ1n) is 17.3. The fraction of sp³-hybridized carbons (Fsp3) is 0.122. The number of nitrogens with two attached hydrogens (primary N) is 1. The smallest absolute Gasteiger partial charge is 0.253 e. The molecule has 0 saturated heterocycles. The van der Waals surface area contributed by atoms with Crippen LogP contribution >= 0.6 is 57.4 Å². The van der Waals surface area contributed by atoms with Gasteiger partial charge in [0.2, 0.25) is 0 Å². The molecular weight excluding hydrogens is 884 g/mol. The van der Waals surface area contributed by atoms with Crippen LogP contribution in [0.1, 0.15) is 55.2 Å². The number of rotatable bonds is 5. The quantitative estimate of drug-likeness (QED) is 0.0988. The van der Waals surface area contributed by atoms with E-state index >= 15 is 0 Å². The number of anilines is 1. The number of nitrogens with zero attached hydrogens (tertiary/aromatic N) is 5. The number of halogens is 4. The van der Waals surface area contributed by atoms with E-state index in [0.717, 1.165) is 64.4 Å². The molecule has 56 heavy (non-hydrogen) atoms. The van der Waals surface area contributed by atoms with Crippen LogP contribution in [0.4, 0.5) is 5.82 Å². The number of nitrogen functional groups attached to an aromatic ring is 1. The average molecular weight is 917 g/mol. The highest BCUT2D eigenvalue weighted by Crippen LogP contribution is 2.28. The topological polar surface area (TPSA) is 160 Å². The van der Waals surface area contributed by atoms with Gasteiger partial charge >= 0.3 is 0 Å². The molecule has 0 aliphatic heterocycles. The lowest BCUT2D eigenvalue weighted by Gasteiger charge is -2.12. The molecule has 7 aromatic heterocycles. The standard InChI is InChI=1S/C27H24ClN5O2.C7H4ClIN2.C7H5ClN2/c1-15-8-25(29)32-16(2)20(15)12-31-27(35)21-14-33(23-4-3-5-24(34)26(21)23)13-17-6-7-22-18(9-17)10-19(28)11-30-22;8-7-6-4(9)3-11-5(6)1-2-10-7;8-7-5-1-3-9-6(5)2-4-10-7/h3-4,6-11,14H,5,12-13H2,1-2H3,(H2,29,32)(H,31,35);1-3,11H;1-4,9H. The summed E-state index contributed by atoms with van der Waals surface area (Å²) in [6, 6.07) is 15.3. The molecule has 7 heterocycles. The van der Waals surface area contributed by atoms with Crippen LogP contribution in [-0.2, 0) is 13.1 Å². The van der Waals surface area contributed by atoms with Gasteiger partial charge in [-0.25, -0.2) is 15.0 Å². The minimum absolute atomic E-state index is 0.0672. The Labute approximate surface area is 349 Å². The molecule has 0 radical (unpaired) electrons. The Hall–Kier alpha value is -5.28. The Balaban J connectivity index is 0.000000183. The third-order valence-corrected chi connectivity index (χ3v) is 10.9. The second-order valence-corrected chi connectivity index (χ2v) is 15.3. The van der Waals surface area contributed by atoms with E-state index in [1.54, 1.807) is 30.9 Å². The van der Waals surface area contributed by atoms with E-state index in [-0.39, 0.29) is 18.1 Å². The summed E-state index contributed by atoms with van der Waals surface area (Å²) in [5, 5.41) is 7.57. The van der Waals surface area contributed by atoms with Gasteiger partial charge in [-0.15, -0.1) is 0 Å². The number of benzene rings is 1. The number of hydrogen-bond acceptors (Lipinski definition) is 7. The molecule has 0 saturated carbocycles. The predicted octanol–water partition coefficient (Wildman–Crippen LogP) is 9.90. The second-order valence-electron chi connectivity index (χ2n) is 13.0. The van der Waals surface area contributed by atoms with Crippen molar-refractivity contribution >= 4 is 114 Å². The maximum atomic E-state index is 13.2. The molecule has 0 atom stereocenters. The molecule has 1 aromatic carbocycles. The van der Waals surface area contributed by atoms with E-state index in [1.807, 2.05) is 85.4 Å². The Bertz CT molecular complexity index is 2790. The van der Waals surface area contributed by atoms with Gasteiger partial charge in [-0.05, 0) is 102 Å². The third-order valence-electron chi connectivity index (χ3n) is 9.22. The number of amides is 1. The lowest BCUT2D eigenvalue weighted by atomic mass is 9.98. The Kier molecular flexibility index (Phi) is 11.7. The molecule has 0 spiro atoms. The summed E-state index contributed by atoms with van der Waals surface area (Å²) in [7, 11) is 0. The summed E-state index contributed by atoms with van der Waals surface area (Å²) in [4.78, 5) is 48.7. The number of carbonyl (C=O) groups excluding carboxylic acids is 2. The van der Waals surface area contributed by atoms with Gasteiger partial charge in [0.15, 0.2) is 5.78 Å². The van der Waals surface area contributed by atoms with E-state index in [4.69, 9.17) is 40.5 Å². The molecule has 9 rings (SSSR count). The van der Waals surface area contributed by atoms with Crippen molar-refractivity contribution in [3.8, 4) is 0 Å². The zero-order valence-electron chi connectivity index (χ0n) is 30.0. The van der Waals surface area contributed by atoms with Crippen molar-refractivity contribution in [1.29, 1.82) is 0 Å². The number of H-pyrrole nitrogens is 2. The number of hydrogen-bond donors (Lipinski definition) is 4. The van der Waals surface area contributed by atoms with Crippen molar-refractivity contribution in [3.63, 3.8) is 0 Å². The number of Topliss-reactive ketones (excluding diaryl/α,β-unsaturated/α-hetero) is 1. The summed E-state index contributed by atoms with van der Waals surface area (Å²) in [5.74, 6) is 0.0847. The lowest BCUT2D eigenvalue weighted by Crippen LogP contribution is -2.25. The van der Waals surface area contributed by atoms with Gasteiger partial charge in [0.1, 0.15) is 16.1 Å². The second kappa shape index (κ2) is 16.8. The zero-order chi connectivity index (χ0) is 39.5. The summed E-state index contributed by atoms with van der Waals surface area (Å²) in [6.45, 7) is 4.59. The normalized spacial score (nSPS) is 11.9. The van der Waals surface area contributed by atoms with Crippen LogP contribution in [0, 0.1) is 17.4 Å². The predicted molar refractivity (Wildman–Crippen MR) is 232 cm³/mol. The van der Waals surface area contributed by atoms with E-state index in [1.165, 1.54) is 0 Å². The maximum absolute atomic E-state index is 13.2. The van der Waals surface area contributed by atoms with Crippen molar-refractivity contribution in [3.05, 3.63) is 150 Å². The maximum Gasteiger partial charge on any atom is 0.253 e. The molecule has 0 unspecified atom stereocenters. The Morgan fingerprint density at radius 1 is 0.982 bits per heavy atom. The minimum Gasteiger partial charge on any atom is -0.384 e. The SMILES string of the molecule is Cc1cc(N)nc(C)c1CNC(=O)c1cn(Cc2ccc3ncc(Cl)cc3c2)c2c1C(=O)CC=C2.Clc1nccc2[nH]cc(I)c12.Clc1nccc2[nH]ccc12. The first-order chi connectivity index (χ1) is 27.0. The number of fused-ring (bicyclic) bond motifs is 4. The molecule has 1 aliphatic carbocycles. The van der Waals surface area contributed by atoms with Crippen LogP contribution < -0.4 is 11.1 Å². The highest BCUT2D eigenvalue weighted by molar-refractivity contribution is 14.1. The van der Waals surface area contributed by atoms with E-state index in [9.17, 15) is 9.59 Å². The molecule has 8 aromatic rings. The van der Waals surface area contributed by atoms with E-state index in [2.05, 4.69) is 57.8 Å². The van der Waals surface area contributed by atoms with Gasteiger partial charge in [-0.3, -0.25) is 14.6 Å². The van der Waals surface area contributed by atoms with E-state index < -0.39 is 0 Å². The van der Waals surface area contributed by atoms with Gasteiger partial charge in [-0.2, -0.15) is 0 Å². The molecule has 15 heteroatoms. The van der Waals surface area contributed by atoms with Gasteiger partial charge in [0, 0.05) is 76.7 Å². The average Bonchev–Trinajstić information content (AvgIpc) is 3.91. The Morgan fingerprint density at radius 2 is 1.77 bits per heavy atom. The van der Waals surface area contributed by atoms with Crippen LogP contribution in [0.2, 0.25) is 15.3 Å². The molecule has 11 nitrogen and oxygen atoms in total. The van der Waals surface area contributed by atoms with Crippen LogP contribution in [0.3, 0.4) is 0 Å². The Morgan fingerprint density at radius 3 is 2.54 bits per heavy atom. The molecule has 1 amide bonds. The van der Waals surface area contributed by atoms with Crippen molar-refractivity contribution < 1.29 is 9.59 Å². The van der Waals surface area contributed by atoms with Crippen LogP contribution in [0.25, 0.3) is 38.8 Å². The number of aromatic nitrogens is 7. The number of aromatic amines is 2. The summed E-state index contributed by atoms with van der Waals surface area (Å²) >= 11 is 20.0. The molecule has 0 fully saturated rings. The molecule has 0 bridgehead atoms. The van der Waals surface area contributed by atoms with Crippen molar-refractivity contribution in [2.75, 3.05) is 5.73 Å². The molecule has 1 aliphatic rings. The van der Waals surface area contributed by atoms with Crippen LogP contribution in [0.5, 0.6) is 0 Å². The fourth-order valence-corrected chi connectivity index (χ4v) is 8.05. The van der Waals surface area contributed by atoms with Gasteiger partial charge in [0.05, 0.1) is 43.8 Å². The lowest BCUT2D eigenvalue weighted by molar-refractivity contribution is 0.0933.